The van der Waals surface area contributed by atoms with Crippen molar-refractivity contribution in [2.75, 3.05) is 0 Å². The smallest absolute Gasteiger partial charge is 0.00991 e. The first-order valence-electron chi connectivity index (χ1n) is 5.14. The van der Waals surface area contributed by atoms with E-state index in [0.29, 0.717) is 0 Å². The highest BCUT2D eigenvalue weighted by Gasteiger charge is 1.99. The quantitative estimate of drug-likeness (QED) is 0.469. The minimum Gasteiger partial charge on any atom is -0.0587 e. The van der Waals surface area contributed by atoms with E-state index in [0.717, 1.165) is 0 Å². The van der Waals surface area contributed by atoms with Gasteiger partial charge in [-0.15, -0.1) is 0 Å². The topological polar surface area (TPSA) is 0 Å². The van der Waals surface area contributed by atoms with Gasteiger partial charge in [0.15, 0.2) is 0 Å². The van der Waals surface area contributed by atoms with Gasteiger partial charge in [0, 0.05) is 0 Å². The molecule has 0 heterocycles. The molecule has 0 aliphatic heterocycles. The van der Waals surface area contributed by atoms with Crippen LogP contribution in [0.25, 0.3) is 21.5 Å². The Balaban J connectivity index is 2.57. The first-order valence-corrected chi connectivity index (χ1v) is 5.14. The molecule has 0 aromatic heterocycles. The zero-order chi connectivity index (χ0) is 10.3. The Labute approximate surface area is 89.2 Å². The summed E-state index contributed by atoms with van der Waals surface area (Å²) in [4.78, 5) is 0. The normalized spacial score (nSPS) is 11.0. The molecule has 0 N–H and O–H groups in total. The SMILES string of the molecule is Cc1ccc2ccc3cc[c]cc3c2c1. The first-order chi connectivity index (χ1) is 7.34. The van der Waals surface area contributed by atoms with Crippen LogP contribution in [0.4, 0.5) is 0 Å². The van der Waals surface area contributed by atoms with E-state index in [4.69, 9.17) is 0 Å². The van der Waals surface area contributed by atoms with Crippen molar-refractivity contribution in [3.05, 3.63) is 60.2 Å². The highest BCUT2D eigenvalue weighted by molar-refractivity contribution is 6.07. The highest BCUT2D eigenvalue weighted by Crippen LogP contribution is 2.25. The predicted molar refractivity (Wildman–Crippen MR) is 65.0 cm³/mol. The van der Waals surface area contributed by atoms with Crippen molar-refractivity contribution in [2.45, 2.75) is 6.92 Å². The number of hydrogen-bond donors (Lipinski definition) is 0. The summed E-state index contributed by atoms with van der Waals surface area (Å²) in [5.74, 6) is 0. The summed E-state index contributed by atoms with van der Waals surface area (Å²) >= 11 is 0. The monoisotopic (exact) mass is 191 g/mol. The summed E-state index contributed by atoms with van der Waals surface area (Å²) in [6, 6.07) is 20.2. The van der Waals surface area contributed by atoms with Crippen molar-refractivity contribution in [3.63, 3.8) is 0 Å². The molecule has 0 aliphatic carbocycles. The third kappa shape index (κ3) is 1.30. The molecule has 0 bridgehead atoms. The van der Waals surface area contributed by atoms with E-state index in [9.17, 15) is 0 Å². The van der Waals surface area contributed by atoms with E-state index in [1.165, 1.54) is 27.1 Å². The fourth-order valence-corrected chi connectivity index (χ4v) is 2.05. The molecule has 0 amide bonds. The molecule has 0 fully saturated rings. The Hall–Kier alpha value is -1.82. The molecule has 3 rings (SSSR count). The molecule has 1 radical (unpaired) electrons. The molecule has 15 heavy (non-hydrogen) atoms. The lowest BCUT2D eigenvalue weighted by molar-refractivity contribution is 1.51. The third-order valence-corrected chi connectivity index (χ3v) is 2.84. The summed E-state index contributed by atoms with van der Waals surface area (Å²) in [5, 5.41) is 5.20. The maximum atomic E-state index is 3.15. The number of fused-ring (bicyclic) bond motifs is 3. The second-order valence-electron chi connectivity index (χ2n) is 3.94. The van der Waals surface area contributed by atoms with Gasteiger partial charge in [-0.05, 0) is 40.6 Å². The first kappa shape index (κ1) is 8.49. The number of hydrogen-bond acceptors (Lipinski definition) is 0. The van der Waals surface area contributed by atoms with E-state index in [1.54, 1.807) is 0 Å². The summed E-state index contributed by atoms with van der Waals surface area (Å²) in [7, 11) is 0. The Morgan fingerprint density at radius 3 is 2.47 bits per heavy atom. The van der Waals surface area contributed by atoms with Gasteiger partial charge >= 0.3 is 0 Å². The predicted octanol–water partition coefficient (Wildman–Crippen LogP) is 4.10. The lowest BCUT2D eigenvalue weighted by atomic mass is 10.0. The summed E-state index contributed by atoms with van der Waals surface area (Å²) in [6.07, 6.45) is 0. The molecule has 0 atom stereocenters. The number of aryl methyl sites for hydroxylation is 1. The molecule has 3 aromatic carbocycles. The molecule has 0 aliphatic rings. The molecule has 0 heteroatoms. The van der Waals surface area contributed by atoms with Crippen LogP contribution in [0.3, 0.4) is 0 Å². The van der Waals surface area contributed by atoms with Crippen LogP contribution in [0.15, 0.2) is 48.5 Å². The van der Waals surface area contributed by atoms with E-state index in [-0.39, 0.29) is 0 Å². The molecule has 0 unspecified atom stereocenters. The highest BCUT2D eigenvalue weighted by atomic mass is 14.0. The average molecular weight is 191 g/mol. The van der Waals surface area contributed by atoms with Crippen LogP contribution in [0, 0.1) is 13.0 Å². The summed E-state index contributed by atoms with van der Waals surface area (Å²) < 4.78 is 0. The third-order valence-electron chi connectivity index (χ3n) is 2.84. The van der Waals surface area contributed by atoms with Crippen molar-refractivity contribution in [1.29, 1.82) is 0 Å². The van der Waals surface area contributed by atoms with E-state index in [2.05, 4.69) is 55.5 Å². The fraction of sp³-hybridized carbons (Fsp3) is 0.0667. The van der Waals surface area contributed by atoms with E-state index < -0.39 is 0 Å². The van der Waals surface area contributed by atoms with Crippen LogP contribution in [0.1, 0.15) is 5.56 Å². The average Bonchev–Trinajstić information content (AvgIpc) is 2.29. The molecule has 0 spiro atoms. The van der Waals surface area contributed by atoms with Gasteiger partial charge < -0.3 is 0 Å². The Morgan fingerprint density at radius 1 is 0.867 bits per heavy atom. The molecule has 0 saturated carbocycles. The van der Waals surface area contributed by atoms with Crippen molar-refractivity contribution in [3.8, 4) is 0 Å². The minimum atomic E-state index is 1.28. The van der Waals surface area contributed by atoms with Crippen LogP contribution in [0.2, 0.25) is 0 Å². The largest absolute Gasteiger partial charge is 0.0587 e. The maximum absolute atomic E-state index is 3.15. The van der Waals surface area contributed by atoms with Crippen molar-refractivity contribution < 1.29 is 0 Å². The second kappa shape index (κ2) is 3.09. The standard InChI is InChI=1S/C15H11/c1-11-6-7-13-9-8-12-4-2-3-5-14(12)15(13)10-11/h2,4-10H,1H3. The molecule has 0 saturated heterocycles. The molecule has 3 aromatic rings. The van der Waals surface area contributed by atoms with Crippen molar-refractivity contribution in [2.24, 2.45) is 0 Å². The molecule has 0 nitrogen and oxygen atoms in total. The maximum Gasteiger partial charge on any atom is -0.00991 e. The molecular formula is C15H11. The van der Waals surface area contributed by atoms with E-state index in [1.807, 2.05) is 6.07 Å². The van der Waals surface area contributed by atoms with Crippen LogP contribution in [0.5, 0.6) is 0 Å². The van der Waals surface area contributed by atoms with Gasteiger partial charge in [0.05, 0.1) is 0 Å². The van der Waals surface area contributed by atoms with Gasteiger partial charge in [0.1, 0.15) is 0 Å². The van der Waals surface area contributed by atoms with Crippen LogP contribution >= 0.6 is 0 Å². The van der Waals surface area contributed by atoms with E-state index >= 15 is 0 Å². The lowest BCUT2D eigenvalue weighted by Gasteiger charge is -2.04. The van der Waals surface area contributed by atoms with Gasteiger partial charge in [0.2, 0.25) is 0 Å². The van der Waals surface area contributed by atoms with Gasteiger partial charge in [0.25, 0.3) is 0 Å². The Kier molecular flexibility index (Phi) is 1.75. The molecule has 71 valence electrons. The summed E-state index contributed by atoms with van der Waals surface area (Å²) in [5.41, 5.74) is 1.30. The van der Waals surface area contributed by atoms with Crippen molar-refractivity contribution in [1.82, 2.24) is 0 Å². The second-order valence-corrected chi connectivity index (χ2v) is 3.94. The number of benzene rings is 3. The van der Waals surface area contributed by atoms with Gasteiger partial charge in [-0.25, -0.2) is 0 Å². The van der Waals surface area contributed by atoms with Crippen molar-refractivity contribution >= 4 is 21.5 Å². The van der Waals surface area contributed by atoms with Crippen LogP contribution in [-0.2, 0) is 0 Å². The fourth-order valence-electron chi connectivity index (χ4n) is 2.05. The minimum absolute atomic E-state index is 1.28. The van der Waals surface area contributed by atoms with Gasteiger partial charge in [-0.1, -0.05) is 48.0 Å². The Morgan fingerprint density at radius 2 is 1.60 bits per heavy atom. The zero-order valence-corrected chi connectivity index (χ0v) is 8.62. The van der Waals surface area contributed by atoms with Gasteiger partial charge in [-0.3, -0.25) is 0 Å². The Bertz CT molecular complexity index is 636. The number of rotatable bonds is 0. The van der Waals surface area contributed by atoms with Gasteiger partial charge in [-0.2, -0.15) is 0 Å². The summed E-state index contributed by atoms with van der Waals surface area (Å²) in [6.45, 7) is 2.13. The molecular weight excluding hydrogens is 180 g/mol. The van der Waals surface area contributed by atoms with Crippen LogP contribution < -0.4 is 0 Å². The zero-order valence-electron chi connectivity index (χ0n) is 8.62. The van der Waals surface area contributed by atoms with Crippen LogP contribution in [-0.4, -0.2) is 0 Å². The lowest BCUT2D eigenvalue weighted by Crippen LogP contribution is -1.78.